The number of hydrogen-bond donors (Lipinski definition) is 2. The maximum absolute atomic E-state index is 10.8. The van der Waals surface area contributed by atoms with Crippen LogP contribution < -0.4 is 9.80 Å². The van der Waals surface area contributed by atoms with Gasteiger partial charge in [-0.2, -0.15) is 10.2 Å². The van der Waals surface area contributed by atoms with Crippen LogP contribution in [-0.4, -0.2) is 49.0 Å². The normalized spacial score (nSPS) is 13.7. The Morgan fingerprint density at radius 3 is 1.23 bits per heavy atom. The largest absolute Gasteiger partial charge is 0.506 e. The van der Waals surface area contributed by atoms with Crippen LogP contribution in [0.5, 0.6) is 11.5 Å². The molecular weight excluding hydrogens is 508 g/mol. The first kappa shape index (κ1) is 26.2. The maximum atomic E-state index is 10.8. The minimum absolute atomic E-state index is 0.0931. The molecule has 2 N–H and O–H groups in total. The van der Waals surface area contributed by atoms with Gasteiger partial charge in [0.05, 0.1) is 11.4 Å². The minimum atomic E-state index is -0.0931. The number of carbonyl (C=O) groups is 2. The highest BCUT2D eigenvalue weighted by atomic mass is 16.3. The van der Waals surface area contributed by atoms with E-state index in [4.69, 9.17) is 0 Å². The predicted molar refractivity (Wildman–Crippen MR) is 153 cm³/mol. The third kappa shape index (κ3) is 6.18. The van der Waals surface area contributed by atoms with Gasteiger partial charge in [-0.25, -0.2) is 0 Å². The van der Waals surface area contributed by atoms with Crippen molar-refractivity contribution in [2.24, 2.45) is 20.5 Å². The number of benzene rings is 4. The van der Waals surface area contributed by atoms with Crippen LogP contribution >= 0.6 is 0 Å². The van der Waals surface area contributed by atoms with E-state index in [2.05, 4.69) is 30.3 Å². The molecule has 4 aromatic rings. The van der Waals surface area contributed by atoms with Gasteiger partial charge >= 0.3 is 0 Å². The molecule has 4 aromatic carbocycles. The second kappa shape index (κ2) is 12.0. The Hall–Kier alpha value is -5.38. The highest BCUT2D eigenvalue weighted by Crippen LogP contribution is 2.31. The summed E-state index contributed by atoms with van der Waals surface area (Å²) < 4.78 is 0. The lowest BCUT2D eigenvalue weighted by atomic mass is 10.2. The first-order chi connectivity index (χ1) is 19.5. The van der Waals surface area contributed by atoms with E-state index >= 15 is 0 Å². The number of phenolic OH excluding ortho intramolecular Hbond substituents is 2. The van der Waals surface area contributed by atoms with Crippen molar-refractivity contribution in [3.63, 3.8) is 0 Å². The fourth-order valence-electron chi connectivity index (χ4n) is 4.30. The number of anilines is 2. The topological polar surface area (TPSA) is 131 Å². The molecule has 0 amide bonds. The van der Waals surface area contributed by atoms with E-state index in [9.17, 15) is 19.8 Å². The second-order valence-corrected chi connectivity index (χ2v) is 9.14. The fourth-order valence-corrected chi connectivity index (χ4v) is 4.30. The Kier molecular flexibility index (Phi) is 7.87. The van der Waals surface area contributed by atoms with Crippen LogP contribution in [0.25, 0.3) is 0 Å². The van der Waals surface area contributed by atoms with Gasteiger partial charge in [-0.15, -0.1) is 10.2 Å². The van der Waals surface area contributed by atoms with Gasteiger partial charge in [-0.1, -0.05) is 0 Å². The zero-order chi connectivity index (χ0) is 27.9. The standard InChI is InChI=1S/C30H26N6O4/c37-19-21-1-11-27(29(39)17-21)33-31-23-3-7-25(8-4-23)35-13-15-36(16-14-35)26-9-5-24(6-10-26)32-34-28-12-2-22(20-38)18-30(28)40/h1-12,17-20,39-40H,13-16H2/b33-31+,34-32+. The molecule has 1 saturated heterocycles. The van der Waals surface area contributed by atoms with E-state index in [0.717, 1.165) is 37.6 Å². The molecule has 5 rings (SSSR count). The summed E-state index contributed by atoms with van der Waals surface area (Å²) in [6, 6.07) is 24.5. The maximum Gasteiger partial charge on any atom is 0.150 e. The van der Waals surface area contributed by atoms with Crippen LogP contribution in [0.1, 0.15) is 20.7 Å². The average Bonchev–Trinajstić information content (AvgIpc) is 3.00. The number of rotatable bonds is 8. The molecule has 1 aliphatic heterocycles. The van der Waals surface area contributed by atoms with E-state index in [1.807, 2.05) is 48.5 Å². The Morgan fingerprint density at radius 2 is 0.900 bits per heavy atom. The number of nitrogens with zero attached hydrogens (tertiary/aromatic N) is 6. The molecular formula is C30H26N6O4. The number of phenols is 2. The highest BCUT2D eigenvalue weighted by molar-refractivity contribution is 5.78. The first-order valence-corrected chi connectivity index (χ1v) is 12.6. The van der Waals surface area contributed by atoms with Crippen molar-refractivity contribution in [1.82, 2.24) is 0 Å². The number of carbonyl (C=O) groups excluding carboxylic acids is 2. The first-order valence-electron chi connectivity index (χ1n) is 12.6. The summed E-state index contributed by atoms with van der Waals surface area (Å²) >= 11 is 0. The van der Waals surface area contributed by atoms with Crippen molar-refractivity contribution < 1.29 is 19.8 Å². The zero-order valence-electron chi connectivity index (χ0n) is 21.5. The third-order valence-corrected chi connectivity index (χ3v) is 6.53. The number of piperazine rings is 1. The summed E-state index contributed by atoms with van der Waals surface area (Å²) in [6.45, 7) is 3.43. The molecule has 0 aromatic heterocycles. The number of aldehydes is 2. The lowest BCUT2D eigenvalue weighted by Crippen LogP contribution is -2.46. The summed E-state index contributed by atoms with van der Waals surface area (Å²) in [5.74, 6) is -0.186. The molecule has 0 atom stereocenters. The van der Waals surface area contributed by atoms with E-state index < -0.39 is 0 Å². The smallest absolute Gasteiger partial charge is 0.150 e. The summed E-state index contributed by atoms with van der Waals surface area (Å²) in [4.78, 5) is 26.2. The van der Waals surface area contributed by atoms with Crippen molar-refractivity contribution in [1.29, 1.82) is 0 Å². The van der Waals surface area contributed by atoms with Gasteiger partial charge in [0.1, 0.15) is 35.4 Å². The molecule has 0 radical (unpaired) electrons. The Balaban J connectivity index is 1.15. The fraction of sp³-hybridized carbons (Fsp3) is 0.133. The van der Waals surface area contributed by atoms with Gasteiger partial charge in [0, 0.05) is 48.7 Å². The monoisotopic (exact) mass is 534 g/mol. The summed E-state index contributed by atoms with van der Waals surface area (Å²) in [7, 11) is 0. The van der Waals surface area contributed by atoms with E-state index in [1.165, 1.54) is 12.1 Å². The Bertz CT molecular complexity index is 1440. The Labute approximate surface area is 230 Å². The van der Waals surface area contributed by atoms with E-state index in [1.54, 1.807) is 24.3 Å². The summed E-state index contributed by atoms with van der Waals surface area (Å²) in [6.07, 6.45) is 1.33. The van der Waals surface area contributed by atoms with Crippen molar-refractivity contribution in [2.45, 2.75) is 0 Å². The van der Waals surface area contributed by atoms with Crippen molar-refractivity contribution in [3.8, 4) is 11.5 Å². The highest BCUT2D eigenvalue weighted by Gasteiger charge is 2.17. The number of hydrogen-bond acceptors (Lipinski definition) is 10. The van der Waals surface area contributed by atoms with Crippen LogP contribution in [0.4, 0.5) is 34.1 Å². The SMILES string of the molecule is O=Cc1ccc(/N=N/c2ccc(N3CCN(c4ccc(/N=N/c5ccc(C=O)cc5O)cc4)CC3)cc2)c(O)c1. The minimum Gasteiger partial charge on any atom is -0.506 e. The van der Waals surface area contributed by atoms with E-state index in [0.29, 0.717) is 46.4 Å². The third-order valence-electron chi connectivity index (χ3n) is 6.53. The molecule has 0 saturated carbocycles. The van der Waals surface area contributed by atoms with Crippen LogP contribution in [0, 0.1) is 0 Å². The number of aromatic hydroxyl groups is 2. The molecule has 200 valence electrons. The predicted octanol–water partition coefficient (Wildman–Crippen LogP) is 6.88. The molecule has 0 aliphatic carbocycles. The second-order valence-electron chi connectivity index (χ2n) is 9.14. The van der Waals surface area contributed by atoms with Crippen LogP contribution in [0.2, 0.25) is 0 Å². The molecule has 1 fully saturated rings. The van der Waals surface area contributed by atoms with Gasteiger partial charge in [-0.05, 0) is 84.9 Å². The molecule has 1 aliphatic rings. The van der Waals surface area contributed by atoms with Gasteiger partial charge in [-0.3, -0.25) is 9.59 Å². The molecule has 0 bridgehead atoms. The summed E-state index contributed by atoms with van der Waals surface area (Å²) in [5, 5.41) is 36.5. The molecule has 10 nitrogen and oxygen atoms in total. The lowest BCUT2D eigenvalue weighted by molar-refractivity contribution is 0.111. The molecule has 40 heavy (non-hydrogen) atoms. The molecule has 0 spiro atoms. The van der Waals surface area contributed by atoms with E-state index in [-0.39, 0.29) is 11.5 Å². The molecule has 0 unspecified atom stereocenters. The van der Waals surface area contributed by atoms with Crippen LogP contribution in [-0.2, 0) is 0 Å². The van der Waals surface area contributed by atoms with Crippen molar-refractivity contribution in [2.75, 3.05) is 36.0 Å². The van der Waals surface area contributed by atoms with Crippen LogP contribution in [0.3, 0.4) is 0 Å². The van der Waals surface area contributed by atoms with Gasteiger partial charge in [0.2, 0.25) is 0 Å². The molecule has 10 heteroatoms. The lowest BCUT2D eigenvalue weighted by Gasteiger charge is -2.37. The zero-order valence-corrected chi connectivity index (χ0v) is 21.5. The quantitative estimate of drug-likeness (QED) is 0.187. The van der Waals surface area contributed by atoms with Gasteiger partial charge in [0.25, 0.3) is 0 Å². The Morgan fingerprint density at radius 1 is 0.525 bits per heavy atom. The van der Waals surface area contributed by atoms with Crippen molar-refractivity contribution >= 4 is 46.7 Å². The van der Waals surface area contributed by atoms with Gasteiger partial charge in [0.15, 0.2) is 0 Å². The average molecular weight is 535 g/mol. The van der Waals surface area contributed by atoms with Crippen molar-refractivity contribution in [3.05, 3.63) is 96.1 Å². The number of azo groups is 2. The molecule has 1 heterocycles. The van der Waals surface area contributed by atoms with Gasteiger partial charge < -0.3 is 20.0 Å². The van der Waals surface area contributed by atoms with Crippen LogP contribution in [0.15, 0.2) is 105 Å². The summed E-state index contributed by atoms with van der Waals surface area (Å²) in [5.41, 5.74) is 4.86.